The van der Waals surface area contributed by atoms with Gasteiger partial charge in [-0.1, -0.05) is 24.3 Å². The molecule has 232 valence electrons. The Morgan fingerprint density at radius 1 is 1.19 bits per heavy atom. The largest absolute Gasteiger partial charge is 0.375 e. The van der Waals surface area contributed by atoms with Gasteiger partial charge in [0, 0.05) is 50.8 Å². The molecule has 13 heteroatoms. The van der Waals surface area contributed by atoms with Crippen molar-refractivity contribution in [3.63, 3.8) is 0 Å². The van der Waals surface area contributed by atoms with Crippen LogP contribution in [0.5, 0.6) is 5.75 Å². The first-order chi connectivity index (χ1) is 20.5. The summed E-state index contributed by atoms with van der Waals surface area (Å²) >= 11 is 0. The molecule has 3 atom stereocenters. The maximum absolute atomic E-state index is 14.6. The number of sulfonamides is 1. The van der Waals surface area contributed by atoms with Gasteiger partial charge in [0.15, 0.2) is 11.3 Å². The fourth-order valence-electron chi connectivity index (χ4n) is 5.50. The monoisotopic (exact) mass is 613 g/mol. The second-order valence-electron chi connectivity index (χ2n) is 11.6. The lowest BCUT2D eigenvalue weighted by Crippen LogP contribution is -2.62. The van der Waals surface area contributed by atoms with Crippen LogP contribution in [0.1, 0.15) is 52.4 Å². The molecule has 1 aliphatic heterocycles. The van der Waals surface area contributed by atoms with E-state index in [4.69, 9.17) is 9.57 Å². The standard InChI is InChI=1S/C30H39N5O7S/c1-5-34(43(39,40)29(2)16-17-29)27(37)30-20-21(30)12-8-6-7-11-19-33(3)28(38)32-25(41-4)26(36)35(30)42-24-15-18-31-23-14-10-9-13-22(23)24/h8-10,12-15,18,21,25H,5-7,11,16-17,19-20H2,1-4H3,(H,32,38)/b12-8+. The van der Waals surface area contributed by atoms with Crippen LogP contribution in [0, 0.1) is 5.92 Å². The molecule has 0 saturated heterocycles. The summed E-state index contributed by atoms with van der Waals surface area (Å²) in [6.07, 6.45) is 7.05. The molecule has 2 aliphatic carbocycles. The Balaban J connectivity index is 1.64. The highest BCUT2D eigenvalue weighted by Crippen LogP contribution is 2.54. The molecule has 12 nitrogen and oxygen atoms in total. The van der Waals surface area contributed by atoms with Crippen LogP contribution in [-0.2, 0) is 24.3 Å². The number of ether oxygens (including phenoxy) is 1. The zero-order valence-corrected chi connectivity index (χ0v) is 25.8. The van der Waals surface area contributed by atoms with E-state index in [9.17, 15) is 22.8 Å². The Labute approximate surface area is 252 Å². The summed E-state index contributed by atoms with van der Waals surface area (Å²) in [7, 11) is -1.15. The lowest BCUT2D eigenvalue weighted by atomic mass is 10.1. The molecule has 1 N–H and O–H groups in total. The summed E-state index contributed by atoms with van der Waals surface area (Å²) < 4.78 is 32.7. The number of likely N-dealkylation sites (N-methyl/N-ethyl adjacent to an activating group) is 1. The minimum absolute atomic E-state index is 0.107. The van der Waals surface area contributed by atoms with Crippen molar-refractivity contribution in [3.05, 3.63) is 48.7 Å². The summed E-state index contributed by atoms with van der Waals surface area (Å²) in [6.45, 7) is 3.60. The number of carbonyl (C=O) groups is 3. The van der Waals surface area contributed by atoms with Gasteiger partial charge in [0.2, 0.25) is 16.3 Å². The van der Waals surface area contributed by atoms with Gasteiger partial charge in [-0.25, -0.2) is 17.5 Å². The minimum Gasteiger partial charge on any atom is -0.375 e. The van der Waals surface area contributed by atoms with Crippen molar-refractivity contribution >= 4 is 38.8 Å². The van der Waals surface area contributed by atoms with E-state index in [1.54, 1.807) is 45.2 Å². The van der Waals surface area contributed by atoms with Crippen LogP contribution in [0.15, 0.2) is 48.7 Å². The molecule has 3 unspecified atom stereocenters. The Morgan fingerprint density at radius 2 is 1.93 bits per heavy atom. The Hall–Kier alpha value is -3.71. The number of rotatable bonds is 7. The zero-order chi connectivity index (χ0) is 31.0. The van der Waals surface area contributed by atoms with Gasteiger partial charge in [0.25, 0.3) is 5.91 Å². The topological polar surface area (TPSA) is 138 Å². The van der Waals surface area contributed by atoms with E-state index >= 15 is 0 Å². The fourth-order valence-corrected chi connectivity index (χ4v) is 7.37. The molecule has 2 fully saturated rings. The van der Waals surface area contributed by atoms with Gasteiger partial charge >= 0.3 is 11.9 Å². The summed E-state index contributed by atoms with van der Waals surface area (Å²) in [4.78, 5) is 54.1. The molecule has 3 aliphatic rings. The fraction of sp³-hybridized carbons (Fsp3) is 0.533. The number of nitrogens with zero attached hydrogens (tertiary/aromatic N) is 4. The molecule has 0 spiro atoms. The van der Waals surface area contributed by atoms with Crippen molar-refractivity contribution < 1.29 is 32.4 Å². The number of hydrogen-bond acceptors (Lipinski definition) is 8. The average Bonchev–Trinajstić information content (AvgIpc) is 3.92. The molecule has 0 bridgehead atoms. The SMILES string of the molecule is CCN(C(=O)C12CC1/C=C/CCCCN(C)C(=O)NC(OC)C(=O)N2Oc1ccnc2ccccc12)S(=O)(=O)C1(C)CC1. The number of allylic oxidation sites excluding steroid dienone is 1. The van der Waals surface area contributed by atoms with E-state index in [-0.39, 0.29) is 18.7 Å². The molecule has 0 radical (unpaired) electrons. The van der Waals surface area contributed by atoms with Crippen molar-refractivity contribution in [2.45, 2.75) is 68.9 Å². The molecular formula is C30H39N5O7S. The third-order valence-corrected chi connectivity index (χ3v) is 11.3. The van der Waals surface area contributed by atoms with E-state index in [1.807, 2.05) is 18.2 Å². The molecule has 2 saturated carbocycles. The predicted molar refractivity (Wildman–Crippen MR) is 159 cm³/mol. The Bertz CT molecular complexity index is 1540. The lowest BCUT2D eigenvalue weighted by molar-refractivity contribution is -0.187. The summed E-state index contributed by atoms with van der Waals surface area (Å²) in [5, 5.41) is 4.11. The number of hydroxylamine groups is 2. The zero-order valence-electron chi connectivity index (χ0n) is 25.0. The maximum atomic E-state index is 14.6. The van der Waals surface area contributed by atoms with Crippen LogP contribution in [0.25, 0.3) is 10.9 Å². The second-order valence-corrected chi connectivity index (χ2v) is 14.0. The number of carbonyl (C=O) groups excluding carboxylic acids is 3. The van der Waals surface area contributed by atoms with E-state index in [2.05, 4.69) is 10.3 Å². The highest BCUT2D eigenvalue weighted by molar-refractivity contribution is 7.91. The normalized spacial score (nSPS) is 26.6. The first kappa shape index (κ1) is 30.7. The van der Waals surface area contributed by atoms with Crippen LogP contribution < -0.4 is 10.2 Å². The highest BCUT2D eigenvalue weighted by atomic mass is 32.2. The van der Waals surface area contributed by atoms with Gasteiger partial charge in [0.05, 0.1) is 10.3 Å². The predicted octanol–water partition coefficient (Wildman–Crippen LogP) is 3.20. The maximum Gasteiger partial charge on any atom is 0.319 e. The number of methoxy groups -OCH3 is 1. The van der Waals surface area contributed by atoms with E-state index in [1.165, 1.54) is 18.2 Å². The average molecular weight is 614 g/mol. The van der Waals surface area contributed by atoms with E-state index < -0.39 is 50.3 Å². The van der Waals surface area contributed by atoms with Gasteiger partial charge in [-0.05, 0) is 64.5 Å². The smallest absolute Gasteiger partial charge is 0.319 e. The number of benzene rings is 1. The van der Waals surface area contributed by atoms with Crippen molar-refractivity contribution in [3.8, 4) is 5.75 Å². The summed E-state index contributed by atoms with van der Waals surface area (Å²) in [5.74, 6) is -1.90. The van der Waals surface area contributed by atoms with Gasteiger partial charge in [-0.3, -0.25) is 14.6 Å². The van der Waals surface area contributed by atoms with Gasteiger partial charge < -0.3 is 19.8 Å². The van der Waals surface area contributed by atoms with Crippen molar-refractivity contribution in [2.24, 2.45) is 5.92 Å². The number of aromatic nitrogens is 1. The number of nitrogens with one attached hydrogen (secondary N) is 1. The van der Waals surface area contributed by atoms with Crippen molar-refractivity contribution in [2.75, 3.05) is 27.2 Å². The molecule has 43 heavy (non-hydrogen) atoms. The van der Waals surface area contributed by atoms with Crippen molar-refractivity contribution in [1.82, 2.24) is 24.6 Å². The lowest BCUT2D eigenvalue weighted by Gasteiger charge is -2.36. The third kappa shape index (κ3) is 5.55. The van der Waals surface area contributed by atoms with Gasteiger partial charge in [-0.15, -0.1) is 0 Å². The number of urea groups is 1. The number of amides is 4. The first-order valence-corrected chi connectivity index (χ1v) is 16.1. The second kappa shape index (κ2) is 11.8. The molecule has 4 amide bonds. The van der Waals surface area contributed by atoms with Crippen LogP contribution in [0.3, 0.4) is 0 Å². The highest BCUT2D eigenvalue weighted by Gasteiger charge is 2.70. The number of hydrogen-bond donors (Lipinski definition) is 1. The number of pyridine rings is 1. The van der Waals surface area contributed by atoms with E-state index in [0.717, 1.165) is 22.2 Å². The first-order valence-electron chi connectivity index (χ1n) is 14.6. The molecule has 1 aromatic heterocycles. The number of fused-ring (bicyclic) bond motifs is 2. The summed E-state index contributed by atoms with van der Waals surface area (Å²) in [5.41, 5.74) is -1.11. The quantitative estimate of drug-likeness (QED) is 0.470. The summed E-state index contributed by atoms with van der Waals surface area (Å²) in [6, 6.07) is 8.20. The molecular weight excluding hydrogens is 574 g/mol. The Kier molecular flexibility index (Phi) is 8.41. The number of para-hydroxylation sites is 1. The molecule has 5 rings (SSSR count). The Morgan fingerprint density at radius 3 is 2.63 bits per heavy atom. The van der Waals surface area contributed by atoms with E-state index in [0.29, 0.717) is 36.7 Å². The van der Waals surface area contributed by atoms with Crippen molar-refractivity contribution in [1.29, 1.82) is 0 Å². The molecule has 1 aromatic carbocycles. The minimum atomic E-state index is -4.03. The molecule has 2 heterocycles. The van der Waals surface area contributed by atoms with Gasteiger partial charge in [0.1, 0.15) is 0 Å². The van der Waals surface area contributed by atoms with Crippen LogP contribution in [-0.4, -0.2) is 89.3 Å². The molecule has 2 aromatic rings. The third-order valence-electron chi connectivity index (χ3n) is 8.64. The van der Waals surface area contributed by atoms with Crippen LogP contribution in [0.4, 0.5) is 4.79 Å². The van der Waals surface area contributed by atoms with Crippen LogP contribution in [0.2, 0.25) is 0 Å². The van der Waals surface area contributed by atoms with Crippen LogP contribution >= 0.6 is 0 Å². The van der Waals surface area contributed by atoms with Gasteiger partial charge in [-0.2, -0.15) is 5.06 Å².